The number of likely N-dealkylation sites (N-methyl/N-ethyl adjacent to an activating group) is 1. The largest absolute Gasteiger partial charge is 0.369 e. The van der Waals surface area contributed by atoms with E-state index in [1.807, 2.05) is 17.6 Å². The minimum atomic E-state index is 0.785. The fraction of sp³-hybridized carbons (Fsp3) is 0.357. The lowest BCUT2D eigenvalue weighted by Gasteiger charge is -2.34. The monoisotopic (exact) mass is 293 g/mol. The molecule has 1 aliphatic rings. The van der Waals surface area contributed by atoms with Gasteiger partial charge in [0, 0.05) is 38.1 Å². The average Bonchev–Trinajstić information content (AvgIpc) is 2.86. The topological polar surface area (TPSA) is 19.4 Å². The highest BCUT2D eigenvalue weighted by atomic mass is 35.5. The maximum Gasteiger partial charge on any atom is 0.0837 e. The first-order chi connectivity index (χ1) is 9.24. The van der Waals surface area contributed by atoms with E-state index in [1.165, 1.54) is 5.69 Å². The molecular formula is C14H16ClN3S. The van der Waals surface area contributed by atoms with Crippen LogP contribution in [0.4, 0.5) is 5.69 Å². The molecule has 100 valence electrons. The lowest BCUT2D eigenvalue weighted by molar-refractivity contribution is 0.313. The number of piperazine rings is 1. The minimum absolute atomic E-state index is 0.785. The van der Waals surface area contributed by atoms with Crippen molar-refractivity contribution in [3.63, 3.8) is 0 Å². The average molecular weight is 294 g/mol. The van der Waals surface area contributed by atoms with Gasteiger partial charge in [0.2, 0.25) is 0 Å². The number of aromatic nitrogens is 1. The molecule has 2 aromatic rings. The third kappa shape index (κ3) is 2.76. The number of halogens is 1. The van der Waals surface area contributed by atoms with Gasteiger partial charge in [-0.15, -0.1) is 11.3 Å². The summed E-state index contributed by atoms with van der Waals surface area (Å²) < 4.78 is 0. The summed E-state index contributed by atoms with van der Waals surface area (Å²) in [5.74, 6) is 0. The number of pyridine rings is 1. The lowest BCUT2D eigenvalue weighted by Crippen LogP contribution is -2.44. The standard InChI is InChI=1S/C14H16ClN3S/c1-17-5-7-18(8-6-17)11-2-4-16-13(10-11)14-12(15)3-9-19-14/h2-4,9-10H,5-8H2,1H3. The normalized spacial score (nSPS) is 16.8. The van der Waals surface area contributed by atoms with E-state index in [9.17, 15) is 0 Å². The molecule has 5 heteroatoms. The molecule has 0 unspecified atom stereocenters. The van der Waals surface area contributed by atoms with Gasteiger partial charge in [0.05, 0.1) is 15.6 Å². The lowest BCUT2D eigenvalue weighted by atomic mass is 10.2. The van der Waals surface area contributed by atoms with E-state index >= 15 is 0 Å². The first-order valence-electron chi connectivity index (χ1n) is 6.37. The molecule has 1 fully saturated rings. The van der Waals surface area contributed by atoms with Crippen LogP contribution in [0.5, 0.6) is 0 Å². The molecule has 0 spiro atoms. The zero-order valence-corrected chi connectivity index (χ0v) is 12.4. The van der Waals surface area contributed by atoms with Crippen molar-refractivity contribution >= 4 is 28.6 Å². The highest BCUT2D eigenvalue weighted by Crippen LogP contribution is 2.33. The zero-order valence-electron chi connectivity index (χ0n) is 10.8. The van der Waals surface area contributed by atoms with Crippen molar-refractivity contribution in [2.75, 3.05) is 38.1 Å². The van der Waals surface area contributed by atoms with Crippen LogP contribution in [0.15, 0.2) is 29.8 Å². The second kappa shape index (κ2) is 5.49. The number of thiophene rings is 1. The predicted octanol–water partition coefficient (Wildman–Crippen LogP) is 3.22. The molecule has 0 saturated carbocycles. The third-order valence-electron chi connectivity index (χ3n) is 3.46. The van der Waals surface area contributed by atoms with Gasteiger partial charge >= 0.3 is 0 Å². The van der Waals surface area contributed by atoms with Gasteiger partial charge in [-0.25, -0.2) is 0 Å². The molecule has 0 aromatic carbocycles. The van der Waals surface area contributed by atoms with Crippen LogP contribution in [0.1, 0.15) is 0 Å². The number of nitrogens with zero attached hydrogens (tertiary/aromatic N) is 3. The highest BCUT2D eigenvalue weighted by Gasteiger charge is 2.15. The van der Waals surface area contributed by atoms with E-state index in [2.05, 4.69) is 34.0 Å². The fourth-order valence-electron chi connectivity index (χ4n) is 2.28. The molecule has 0 N–H and O–H groups in total. The SMILES string of the molecule is CN1CCN(c2ccnc(-c3sccc3Cl)c2)CC1. The van der Waals surface area contributed by atoms with Crippen LogP contribution < -0.4 is 4.90 Å². The summed E-state index contributed by atoms with van der Waals surface area (Å²) in [4.78, 5) is 10.3. The molecule has 0 atom stereocenters. The quantitative estimate of drug-likeness (QED) is 0.847. The number of hydrogen-bond acceptors (Lipinski definition) is 4. The molecule has 0 radical (unpaired) electrons. The maximum absolute atomic E-state index is 6.18. The van der Waals surface area contributed by atoms with Crippen molar-refractivity contribution in [1.82, 2.24) is 9.88 Å². The summed E-state index contributed by atoms with van der Waals surface area (Å²) in [6.07, 6.45) is 1.87. The molecule has 1 aliphatic heterocycles. The van der Waals surface area contributed by atoms with E-state index in [0.29, 0.717) is 0 Å². The van der Waals surface area contributed by atoms with Crippen molar-refractivity contribution < 1.29 is 0 Å². The Hall–Kier alpha value is -1.10. The maximum atomic E-state index is 6.18. The Kier molecular flexibility index (Phi) is 3.73. The van der Waals surface area contributed by atoms with Crippen LogP contribution >= 0.6 is 22.9 Å². The van der Waals surface area contributed by atoms with Crippen molar-refractivity contribution in [2.24, 2.45) is 0 Å². The van der Waals surface area contributed by atoms with Gasteiger partial charge in [-0.2, -0.15) is 0 Å². The van der Waals surface area contributed by atoms with Crippen molar-refractivity contribution in [1.29, 1.82) is 0 Å². The Balaban J connectivity index is 1.86. The molecule has 2 aromatic heterocycles. The van der Waals surface area contributed by atoms with E-state index in [-0.39, 0.29) is 0 Å². The molecule has 0 aliphatic carbocycles. The predicted molar refractivity (Wildman–Crippen MR) is 82.3 cm³/mol. The Morgan fingerprint density at radius 2 is 2.00 bits per heavy atom. The van der Waals surface area contributed by atoms with Crippen LogP contribution in [0, 0.1) is 0 Å². The third-order valence-corrected chi connectivity index (χ3v) is 4.83. The Morgan fingerprint density at radius 1 is 1.21 bits per heavy atom. The number of hydrogen-bond donors (Lipinski definition) is 0. The first kappa shape index (κ1) is 12.9. The molecule has 3 nitrogen and oxygen atoms in total. The smallest absolute Gasteiger partial charge is 0.0837 e. The minimum Gasteiger partial charge on any atom is -0.369 e. The van der Waals surface area contributed by atoms with Gasteiger partial charge in [-0.3, -0.25) is 4.98 Å². The zero-order chi connectivity index (χ0) is 13.2. The van der Waals surface area contributed by atoms with Crippen molar-refractivity contribution in [2.45, 2.75) is 0 Å². The Bertz CT molecular complexity index is 561. The second-order valence-electron chi connectivity index (χ2n) is 4.79. The summed E-state index contributed by atoms with van der Waals surface area (Å²) in [5.41, 5.74) is 2.21. The van der Waals surface area contributed by atoms with E-state index in [0.717, 1.165) is 41.8 Å². The number of rotatable bonds is 2. The summed E-state index contributed by atoms with van der Waals surface area (Å²) >= 11 is 7.82. The van der Waals surface area contributed by atoms with Crippen LogP contribution in [0.3, 0.4) is 0 Å². The molecule has 3 rings (SSSR count). The summed E-state index contributed by atoms with van der Waals surface area (Å²) in [7, 11) is 2.17. The number of anilines is 1. The van der Waals surface area contributed by atoms with E-state index < -0.39 is 0 Å². The van der Waals surface area contributed by atoms with Crippen molar-refractivity contribution in [3.8, 4) is 10.6 Å². The van der Waals surface area contributed by atoms with Gasteiger partial charge in [-0.1, -0.05) is 11.6 Å². The highest BCUT2D eigenvalue weighted by molar-refractivity contribution is 7.14. The molecule has 0 bridgehead atoms. The Morgan fingerprint density at radius 3 is 2.68 bits per heavy atom. The molecule has 19 heavy (non-hydrogen) atoms. The second-order valence-corrected chi connectivity index (χ2v) is 6.11. The molecule has 1 saturated heterocycles. The van der Waals surface area contributed by atoms with Crippen molar-refractivity contribution in [3.05, 3.63) is 34.8 Å². The van der Waals surface area contributed by atoms with Gasteiger partial charge in [0.15, 0.2) is 0 Å². The van der Waals surface area contributed by atoms with Gasteiger partial charge in [0.1, 0.15) is 0 Å². The van der Waals surface area contributed by atoms with E-state index in [1.54, 1.807) is 11.3 Å². The fourth-order valence-corrected chi connectivity index (χ4v) is 3.40. The first-order valence-corrected chi connectivity index (χ1v) is 7.63. The van der Waals surface area contributed by atoms with Gasteiger partial charge in [0.25, 0.3) is 0 Å². The molecule has 0 amide bonds. The summed E-state index contributed by atoms with van der Waals surface area (Å²) in [6.45, 7) is 4.35. The Labute approximate surface area is 122 Å². The summed E-state index contributed by atoms with van der Waals surface area (Å²) in [5, 5.41) is 2.79. The van der Waals surface area contributed by atoms with Crippen LogP contribution in [-0.2, 0) is 0 Å². The van der Waals surface area contributed by atoms with E-state index in [4.69, 9.17) is 11.6 Å². The van der Waals surface area contributed by atoms with Crippen LogP contribution in [0.2, 0.25) is 5.02 Å². The summed E-state index contributed by atoms with van der Waals surface area (Å²) in [6, 6.07) is 6.14. The van der Waals surface area contributed by atoms with Gasteiger partial charge in [-0.05, 0) is 30.6 Å². The molecule has 3 heterocycles. The van der Waals surface area contributed by atoms with Crippen LogP contribution in [0.25, 0.3) is 10.6 Å². The van der Waals surface area contributed by atoms with Gasteiger partial charge < -0.3 is 9.80 Å². The van der Waals surface area contributed by atoms with Crippen LogP contribution in [-0.4, -0.2) is 43.1 Å². The molecular weight excluding hydrogens is 278 g/mol.